The van der Waals surface area contributed by atoms with Crippen molar-refractivity contribution < 1.29 is 0 Å². The number of nitrogens with one attached hydrogen (secondary N) is 1. The van der Waals surface area contributed by atoms with Crippen molar-refractivity contribution in [1.29, 1.82) is 0 Å². The fourth-order valence-electron chi connectivity index (χ4n) is 0.724. The Labute approximate surface area is 81.3 Å². The van der Waals surface area contributed by atoms with Crippen molar-refractivity contribution in [2.45, 2.75) is 13.3 Å². The number of thiazole rings is 1. The van der Waals surface area contributed by atoms with Crippen LogP contribution in [0.15, 0.2) is 17.8 Å². The third-order valence-corrected chi connectivity index (χ3v) is 2.57. The van der Waals surface area contributed by atoms with Crippen LogP contribution in [0.4, 0.5) is 5.13 Å². The van der Waals surface area contributed by atoms with E-state index in [1.165, 1.54) is 4.88 Å². The van der Waals surface area contributed by atoms with Gasteiger partial charge in [0.2, 0.25) is 0 Å². The molecule has 0 unspecified atom stereocenters. The summed E-state index contributed by atoms with van der Waals surface area (Å²) in [6.45, 7) is 6.27. The summed E-state index contributed by atoms with van der Waals surface area (Å²) in [5, 5.41) is 4.59. The number of aromatic nitrogens is 1. The smallest absolute Gasteiger partial charge is 0.183 e. The zero-order valence-electron chi connectivity index (χ0n) is 6.93. The second kappa shape index (κ2) is 4.48. The third-order valence-electron chi connectivity index (χ3n) is 1.33. The summed E-state index contributed by atoms with van der Waals surface area (Å²) < 4.78 is 0. The Morgan fingerprint density at radius 3 is 3.08 bits per heavy atom. The molecule has 1 aromatic rings. The summed E-state index contributed by atoms with van der Waals surface area (Å²) in [7, 11) is 0. The van der Waals surface area contributed by atoms with Crippen LogP contribution in [0.2, 0.25) is 0 Å². The molecule has 0 aliphatic rings. The molecule has 1 heterocycles. The molecule has 0 saturated heterocycles. The van der Waals surface area contributed by atoms with Gasteiger partial charge in [-0.1, -0.05) is 25.1 Å². The summed E-state index contributed by atoms with van der Waals surface area (Å²) in [6, 6.07) is 0. The first-order valence-corrected chi connectivity index (χ1v) is 4.93. The average molecular weight is 203 g/mol. The molecule has 1 N–H and O–H groups in total. The van der Waals surface area contributed by atoms with Gasteiger partial charge < -0.3 is 5.32 Å². The molecule has 0 aliphatic heterocycles. The van der Waals surface area contributed by atoms with Crippen LogP contribution in [-0.2, 0) is 6.42 Å². The topological polar surface area (TPSA) is 24.9 Å². The summed E-state index contributed by atoms with van der Waals surface area (Å²) in [4.78, 5) is 5.44. The molecular weight excluding hydrogens is 192 g/mol. The summed E-state index contributed by atoms with van der Waals surface area (Å²) in [5.41, 5.74) is 0. The predicted octanol–water partition coefficient (Wildman–Crippen LogP) is 2.87. The number of aryl methyl sites for hydroxylation is 1. The predicted molar refractivity (Wildman–Crippen MR) is 55.0 cm³/mol. The van der Waals surface area contributed by atoms with Gasteiger partial charge in [-0.15, -0.1) is 11.3 Å². The van der Waals surface area contributed by atoms with Gasteiger partial charge in [0.1, 0.15) is 0 Å². The first-order chi connectivity index (χ1) is 5.72. The van der Waals surface area contributed by atoms with Crippen molar-refractivity contribution in [2.24, 2.45) is 0 Å². The van der Waals surface area contributed by atoms with E-state index in [9.17, 15) is 0 Å². The Bertz CT molecular complexity index is 270. The van der Waals surface area contributed by atoms with E-state index in [-0.39, 0.29) is 0 Å². The molecule has 12 heavy (non-hydrogen) atoms. The molecule has 2 nitrogen and oxygen atoms in total. The van der Waals surface area contributed by atoms with Gasteiger partial charge >= 0.3 is 0 Å². The van der Waals surface area contributed by atoms with Crippen LogP contribution in [0.25, 0.3) is 0 Å². The Hall–Kier alpha value is -0.540. The molecule has 4 heteroatoms. The molecule has 66 valence electrons. The fraction of sp³-hybridized carbons (Fsp3) is 0.375. The van der Waals surface area contributed by atoms with E-state index in [1.54, 1.807) is 11.3 Å². The molecule has 0 spiro atoms. The highest BCUT2D eigenvalue weighted by Crippen LogP contribution is 2.18. The molecule has 0 atom stereocenters. The molecule has 0 aliphatic carbocycles. The zero-order chi connectivity index (χ0) is 8.97. The van der Waals surface area contributed by atoms with Gasteiger partial charge in [-0.3, -0.25) is 0 Å². The second-order valence-corrected chi connectivity index (χ2v) is 4.01. The summed E-state index contributed by atoms with van der Waals surface area (Å²) in [6.07, 6.45) is 2.91. The van der Waals surface area contributed by atoms with Crippen molar-refractivity contribution in [3.63, 3.8) is 0 Å². The van der Waals surface area contributed by atoms with E-state index in [2.05, 4.69) is 23.8 Å². The van der Waals surface area contributed by atoms with Crippen LogP contribution in [0, 0.1) is 0 Å². The second-order valence-electron chi connectivity index (χ2n) is 2.36. The van der Waals surface area contributed by atoms with E-state index >= 15 is 0 Å². The van der Waals surface area contributed by atoms with Crippen molar-refractivity contribution in [3.8, 4) is 0 Å². The highest BCUT2D eigenvalue weighted by Gasteiger charge is 1.98. The summed E-state index contributed by atoms with van der Waals surface area (Å²) >= 11 is 7.24. The Morgan fingerprint density at radius 2 is 2.58 bits per heavy atom. The minimum absolute atomic E-state index is 0.582. The van der Waals surface area contributed by atoms with E-state index in [4.69, 9.17) is 11.6 Å². The maximum absolute atomic E-state index is 5.59. The lowest BCUT2D eigenvalue weighted by atomic mass is 10.4. The number of rotatable bonds is 4. The molecule has 0 aromatic carbocycles. The minimum Gasteiger partial charge on any atom is -0.357 e. The van der Waals surface area contributed by atoms with Gasteiger partial charge in [0, 0.05) is 16.1 Å². The van der Waals surface area contributed by atoms with Crippen LogP contribution in [0.1, 0.15) is 11.8 Å². The maximum atomic E-state index is 5.59. The number of hydrogen-bond donors (Lipinski definition) is 1. The van der Waals surface area contributed by atoms with Gasteiger partial charge in [0.05, 0.1) is 6.54 Å². The molecule has 0 bridgehead atoms. The zero-order valence-corrected chi connectivity index (χ0v) is 8.50. The Morgan fingerprint density at radius 1 is 1.83 bits per heavy atom. The Kier molecular flexibility index (Phi) is 3.56. The molecule has 0 amide bonds. The van der Waals surface area contributed by atoms with E-state index in [0.717, 1.165) is 11.6 Å². The largest absolute Gasteiger partial charge is 0.357 e. The highest BCUT2D eigenvalue weighted by atomic mass is 35.5. The number of nitrogens with zero attached hydrogens (tertiary/aromatic N) is 1. The third kappa shape index (κ3) is 2.83. The fourth-order valence-corrected chi connectivity index (χ4v) is 1.54. The first-order valence-electron chi connectivity index (χ1n) is 3.74. The molecule has 1 aromatic heterocycles. The van der Waals surface area contributed by atoms with Crippen LogP contribution >= 0.6 is 22.9 Å². The average Bonchev–Trinajstić information content (AvgIpc) is 2.48. The lowest BCUT2D eigenvalue weighted by molar-refractivity contribution is 1.16. The van der Waals surface area contributed by atoms with Gasteiger partial charge in [-0.25, -0.2) is 4.98 Å². The highest BCUT2D eigenvalue weighted by molar-refractivity contribution is 7.15. The van der Waals surface area contributed by atoms with E-state index in [0.29, 0.717) is 11.6 Å². The molecule has 0 fully saturated rings. The van der Waals surface area contributed by atoms with E-state index < -0.39 is 0 Å². The molecule has 0 radical (unpaired) electrons. The maximum Gasteiger partial charge on any atom is 0.183 e. The van der Waals surface area contributed by atoms with Crippen LogP contribution in [0.5, 0.6) is 0 Å². The summed E-state index contributed by atoms with van der Waals surface area (Å²) in [5.74, 6) is 0. The molecular formula is C8H11ClN2S. The van der Waals surface area contributed by atoms with Crippen molar-refractivity contribution in [1.82, 2.24) is 4.98 Å². The lowest BCUT2D eigenvalue weighted by Crippen LogP contribution is -1.99. The van der Waals surface area contributed by atoms with E-state index in [1.807, 2.05) is 6.20 Å². The van der Waals surface area contributed by atoms with Crippen molar-refractivity contribution in [2.75, 3.05) is 11.9 Å². The number of anilines is 1. The Balaban J connectivity index is 2.47. The molecule has 1 rings (SSSR count). The first kappa shape index (κ1) is 9.55. The van der Waals surface area contributed by atoms with Crippen molar-refractivity contribution in [3.05, 3.63) is 22.7 Å². The van der Waals surface area contributed by atoms with Crippen LogP contribution in [-0.4, -0.2) is 11.5 Å². The quantitative estimate of drug-likeness (QED) is 0.812. The van der Waals surface area contributed by atoms with Gasteiger partial charge in [0.25, 0.3) is 0 Å². The number of halogens is 1. The standard InChI is InChI=1S/C8H11ClN2S/c1-3-7-5-11-8(12-7)10-4-6(2)9/h5H,2-4H2,1H3,(H,10,11). The van der Waals surface area contributed by atoms with Gasteiger partial charge in [-0.05, 0) is 6.42 Å². The van der Waals surface area contributed by atoms with Gasteiger partial charge in [-0.2, -0.15) is 0 Å². The number of hydrogen-bond acceptors (Lipinski definition) is 3. The van der Waals surface area contributed by atoms with Crippen LogP contribution in [0.3, 0.4) is 0 Å². The SMILES string of the molecule is C=C(Cl)CNc1ncc(CC)s1. The monoisotopic (exact) mass is 202 g/mol. The minimum atomic E-state index is 0.582. The van der Waals surface area contributed by atoms with Gasteiger partial charge in [0.15, 0.2) is 5.13 Å². The van der Waals surface area contributed by atoms with Crippen LogP contribution < -0.4 is 5.32 Å². The molecule has 0 saturated carbocycles. The normalized spacial score (nSPS) is 9.83. The van der Waals surface area contributed by atoms with Crippen molar-refractivity contribution >= 4 is 28.1 Å². The lowest BCUT2D eigenvalue weighted by Gasteiger charge is -1.97.